The molecule has 2 fully saturated rings. The maximum absolute atomic E-state index is 14.2. The molecule has 3 rings (SSSR count). The number of benzene rings is 1. The van der Waals surface area contributed by atoms with E-state index in [-0.39, 0.29) is 11.9 Å². The van der Waals surface area contributed by atoms with Crippen LogP contribution in [-0.4, -0.2) is 37.7 Å². The third-order valence-electron chi connectivity index (χ3n) is 4.83. The van der Waals surface area contributed by atoms with E-state index in [0.717, 1.165) is 19.6 Å². The van der Waals surface area contributed by atoms with Crippen molar-refractivity contribution in [3.05, 3.63) is 29.6 Å². The monoisotopic (exact) mass is 278 g/mol. The highest BCUT2D eigenvalue weighted by atomic mass is 19.1. The second kappa shape index (κ2) is 5.70. The Bertz CT molecular complexity index is 466. The Labute approximate surface area is 120 Å². The summed E-state index contributed by atoms with van der Waals surface area (Å²) >= 11 is 0. The van der Waals surface area contributed by atoms with Crippen LogP contribution in [0, 0.1) is 11.7 Å². The Kier molecular flexibility index (Phi) is 3.94. The fourth-order valence-electron chi connectivity index (χ4n) is 3.68. The van der Waals surface area contributed by atoms with Crippen molar-refractivity contribution in [3.63, 3.8) is 0 Å². The van der Waals surface area contributed by atoms with E-state index in [0.29, 0.717) is 23.3 Å². The summed E-state index contributed by atoms with van der Waals surface area (Å²) in [6.45, 7) is 5.25. The molecule has 0 bridgehead atoms. The lowest BCUT2D eigenvalue weighted by atomic mass is 9.94. The van der Waals surface area contributed by atoms with E-state index in [4.69, 9.17) is 4.74 Å². The molecule has 1 N–H and O–H groups in total. The summed E-state index contributed by atoms with van der Waals surface area (Å²) in [6, 6.07) is 5.70. The molecule has 3 atom stereocenters. The average Bonchev–Trinajstić information content (AvgIpc) is 2.90. The zero-order chi connectivity index (χ0) is 14.1. The molecule has 0 aromatic heterocycles. The van der Waals surface area contributed by atoms with Crippen LogP contribution in [-0.2, 0) is 0 Å². The van der Waals surface area contributed by atoms with Crippen molar-refractivity contribution in [2.24, 2.45) is 5.92 Å². The van der Waals surface area contributed by atoms with Crippen LogP contribution in [0.1, 0.15) is 31.4 Å². The van der Waals surface area contributed by atoms with Crippen molar-refractivity contribution in [2.75, 3.05) is 26.7 Å². The molecule has 4 heteroatoms. The second-order valence-corrected chi connectivity index (χ2v) is 5.95. The highest BCUT2D eigenvalue weighted by molar-refractivity contribution is 5.37. The van der Waals surface area contributed by atoms with Crippen LogP contribution in [0.25, 0.3) is 0 Å². The van der Waals surface area contributed by atoms with E-state index in [9.17, 15) is 4.39 Å². The van der Waals surface area contributed by atoms with Gasteiger partial charge in [0.1, 0.15) is 11.6 Å². The number of nitrogens with one attached hydrogen (secondary N) is 1. The van der Waals surface area contributed by atoms with Gasteiger partial charge in [-0.3, -0.25) is 4.90 Å². The van der Waals surface area contributed by atoms with Gasteiger partial charge in [-0.1, -0.05) is 6.07 Å². The Morgan fingerprint density at radius 3 is 3.00 bits per heavy atom. The van der Waals surface area contributed by atoms with Gasteiger partial charge in [0.05, 0.1) is 7.11 Å². The summed E-state index contributed by atoms with van der Waals surface area (Å²) < 4.78 is 19.5. The summed E-state index contributed by atoms with van der Waals surface area (Å²) in [5, 5.41) is 3.59. The van der Waals surface area contributed by atoms with E-state index in [1.165, 1.54) is 18.9 Å². The second-order valence-electron chi connectivity index (χ2n) is 5.95. The van der Waals surface area contributed by atoms with Crippen molar-refractivity contribution < 1.29 is 9.13 Å². The summed E-state index contributed by atoms with van der Waals surface area (Å²) in [5.41, 5.74) is 0.689. The minimum atomic E-state index is -0.167. The van der Waals surface area contributed by atoms with Gasteiger partial charge in [0.25, 0.3) is 0 Å². The van der Waals surface area contributed by atoms with Crippen LogP contribution in [0.3, 0.4) is 0 Å². The van der Waals surface area contributed by atoms with Crippen LogP contribution in [0.15, 0.2) is 18.2 Å². The Balaban J connectivity index is 1.81. The van der Waals surface area contributed by atoms with Crippen molar-refractivity contribution >= 4 is 0 Å². The van der Waals surface area contributed by atoms with Crippen LogP contribution in [0.2, 0.25) is 0 Å². The minimum absolute atomic E-state index is 0.0542. The van der Waals surface area contributed by atoms with Gasteiger partial charge in [0.15, 0.2) is 0 Å². The number of hydrogen-bond donors (Lipinski definition) is 1. The Morgan fingerprint density at radius 2 is 2.25 bits per heavy atom. The largest absolute Gasteiger partial charge is 0.496 e. The third-order valence-corrected chi connectivity index (χ3v) is 4.83. The van der Waals surface area contributed by atoms with Gasteiger partial charge in [0, 0.05) is 30.7 Å². The number of nitrogens with zero attached hydrogens (tertiary/aromatic N) is 1. The molecule has 1 unspecified atom stereocenters. The highest BCUT2D eigenvalue weighted by Crippen LogP contribution is 2.36. The van der Waals surface area contributed by atoms with Crippen molar-refractivity contribution in [1.82, 2.24) is 10.2 Å². The molecular weight excluding hydrogens is 255 g/mol. The molecule has 2 heterocycles. The van der Waals surface area contributed by atoms with Gasteiger partial charge >= 0.3 is 0 Å². The number of likely N-dealkylation sites (tertiary alicyclic amines) is 1. The molecule has 0 saturated carbocycles. The van der Waals surface area contributed by atoms with E-state index < -0.39 is 0 Å². The lowest BCUT2D eigenvalue weighted by Crippen LogP contribution is -2.40. The van der Waals surface area contributed by atoms with Gasteiger partial charge in [0.2, 0.25) is 0 Å². The van der Waals surface area contributed by atoms with Crippen molar-refractivity contribution in [2.45, 2.75) is 31.8 Å². The first kappa shape index (κ1) is 13.8. The molecule has 1 aromatic rings. The maximum Gasteiger partial charge on any atom is 0.131 e. The normalized spacial score (nSPS) is 28.1. The predicted octanol–water partition coefficient (Wildman–Crippen LogP) is 2.58. The number of methoxy groups -OCH3 is 1. The van der Waals surface area contributed by atoms with E-state index in [1.54, 1.807) is 13.2 Å². The number of hydrogen-bond acceptors (Lipinski definition) is 3. The molecule has 0 radical (unpaired) electrons. The lowest BCUT2D eigenvalue weighted by molar-refractivity contribution is 0.239. The molecule has 2 saturated heterocycles. The zero-order valence-corrected chi connectivity index (χ0v) is 12.2. The molecule has 0 spiro atoms. The molecule has 2 aliphatic rings. The summed E-state index contributed by atoms with van der Waals surface area (Å²) in [7, 11) is 1.61. The first-order chi connectivity index (χ1) is 9.70. The molecule has 3 nitrogen and oxygen atoms in total. The van der Waals surface area contributed by atoms with Crippen LogP contribution in [0.4, 0.5) is 4.39 Å². The standard InChI is InChI=1S/C16H23FN2O/c1-11(16-13(17)6-3-7-15(16)20-2)19-9-12-5-4-8-18-14(12)10-19/h3,6-7,11-12,14,18H,4-5,8-10H2,1-2H3/t11?,12-,14+/m0/s1. The van der Waals surface area contributed by atoms with Crippen molar-refractivity contribution in [3.8, 4) is 5.75 Å². The Morgan fingerprint density at radius 1 is 1.40 bits per heavy atom. The summed E-state index contributed by atoms with van der Waals surface area (Å²) in [4.78, 5) is 2.38. The fourth-order valence-corrected chi connectivity index (χ4v) is 3.68. The molecular formula is C16H23FN2O. The predicted molar refractivity (Wildman–Crippen MR) is 77.5 cm³/mol. The number of ether oxygens (including phenoxy) is 1. The van der Waals surface area contributed by atoms with E-state index in [2.05, 4.69) is 17.1 Å². The third kappa shape index (κ3) is 2.42. The van der Waals surface area contributed by atoms with Gasteiger partial charge in [-0.15, -0.1) is 0 Å². The SMILES string of the molecule is COc1cccc(F)c1C(C)N1C[C@@H]2CCCN[C@@H]2C1. The fraction of sp³-hybridized carbons (Fsp3) is 0.625. The summed E-state index contributed by atoms with van der Waals surface area (Å²) in [6.07, 6.45) is 2.54. The van der Waals surface area contributed by atoms with E-state index >= 15 is 0 Å². The maximum atomic E-state index is 14.2. The number of piperidine rings is 1. The highest BCUT2D eigenvalue weighted by Gasteiger charge is 2.37. The number of fused-ring (bicyclic) bond motifs is 1. The van der Waals surface area contributed by atoms with Crippen LogP contribution < -0.4 is 10.1 Å². The zero-order valence-electron chi connectivity index (χ0n) is 12.2. The van der Waals surface area contributed by atoms with Gasteiger partial charge in [-0.25, -0.2) is 4.39 Å². The first-order valence-corrected chi connectivity index (χ1v) is 7.50. The molecule has 1 aromatic carbocycles. The smallest absolute Gasteiger partial charge is 0.131 e. The van der Waals surface area contributed by atoms with E-state index in [1.807, 2.05) is 6.07 Å². The number of rotatable bonds is 3. The van der Waals surface area contributed by atoms with Gasteiger partial charge in [-0.05, 0) is 44.4 Å². The summed E-state index contributed by atoms with van der Waals surface area (Å²) in [5.74, 6) is 1.20. The number of halogens is 1. The quantitative estimate of drug-likeness (QED) is 0.919. The van der Waals surface area contributed by atoms with Crippen molar-refractivity contribution in [1.29, 1.82) is 0 Å². The average molecular weight is 278 g/mol. The minimum Gasteiger partial charge on any atom is -0.496 e. The molecule has 110 valence electrons. The Hall–Kier alpha value is -1.13. The topological polar surface area (TPSA) is 24.5 Å². The molecule has 20 heavy (non-hydrogen) atoms. The molecule has 0 amide bonds. The molecule has 0 aliphatic carbocycles. The molecule has 2 aliphatic heterocycles. The van der Waals surface area contributed by atoms with Crippen LogP contribution in [0.5, 0.6) is 5.75 Å². The lowest BCUT2D eigenvalue weighted by Gasteiger charge is -2.26. The first-order valence-electron chi connectivity index (χ1n) is 7.50. The van der Waals surface area contributed by atoms with Crippen LogP contribution >= 0.6 is 0 Å². The van der Waals surface area contributed by atoms with Gasteiger partial charge in [-0.2, -0.15) is 0 Å². The van der Waals surface area contributed by atoms with Gasteiger partial charge < -0.3 is 10.1 Å².